The number of hydrogen-bond donors (Lipinski definition) is 0. The van der Waals surface area contributed by atoms with Crippen LogP contribution in [0.1, 0.15) is 130 Å². The minimum absolute atomic E-state index is 0.0418. The number of ether oxygens (including phenoxy) is 3. The Balaban J connectivity index is 1.74. The van der Waals surface area contributed by atoms with Gasteiger partial charge in [0.05, 0.1) is 6.10 Å². The number of esters is 1. The highest BCUT2D eigenvalue weighted by Gasteiger charge is 2.47. The molecule has 1 saturated carbocycles. The Hall–Kier alpha value is -0.693. The van der Waals surface area contributed by atoms with Crippen molar-refractivity contribution >= 4 is 14.3 Å². The summed E-state index contributed by atoms with van der Waals surface area (Å²) in [4.78, 5) is 12.6. The second kappa shape index (κ2) is 16.1. The molecule has 2 fully saturated rings. The van der Waals surface area contributed by atoms with Gasteiger partial charge >= 0.3 is 5.97 Å². The summed E-state index contributed by atoms with van der Waals surface area (Å²) in [6, 6.07) is 0. The summed E-state index contributed by atoms with van der Waals surface area (Å²) < 4.78 is 25.9. The summed E-state index contributed by atoms with van der Waals surface area (Å²) >= 11 is 0. The fourth-order valence-corrected chi connectivity index (χ4v) is 7.76. The summed E-state index contributed by atoms with van der Waals surface area (Å²) in [6.07, 6.45) is 21.8. The van der Waals surface area contributed by atoms with Gasteiger partial charge in [-0.25, -0.2) is 0 Å². The lowest BCUT2D eigenvalue weighted by molar-refractivity contribution is -0.196. The number of rotatable bonds is 13. The molecular formula is C33H60O5Si. The van der Waals surface area contributed by atoms with E-state index in [1.165, 1.54) is 32.1 Å². The van der Waals surface area contributed by atoms with Gasteiger partial charge in [0.1, 0.15) is 6.10 Å². The van der Waals surface area contributed by atoms with Crippen molar-refractivity contribution in [2.75, 3.05) is 6.61 Å². The zero-order valence-electron chi connectivity index (χ0n) is 26.2. The van der Waals surface area contributed by atoms with Gasteiger partial charge < -0.3 is 18.6 Å². The molecule has 3 rings (SSSR count). The van der Waals surface area contributed by atoms with Gasteiger partial charge in [0.2, 0.25) is 0 Å². The number of carbonyl (C=O) groups excluding carboxylic acids is 1. The van der Waals surface area contributed by atoms with E-state index >= 15 is 0 Å². The molecule has 3 aliphatic rings. The standard InChI is InChI=1S/C33H60O5Si/c1-7-8-9-10-13-18-26(38-39(5,6)33(2,3)4)22-23-28-27-19-14-11-12-15-20-31(34)36-29(27)25-30(28)37-32-21-16-17-24-35-32/h11,14,26-30,32H,7-10,12-13,15-25H2,1-6H3/t26?,27-,28-,29+,30-,32?/m1/s1. The zero-order chi connectivity index (χ0) is 28.3. The fraction of sp³-hybridized carbons (Fsp3) is 0.909. The summed E-state index contributed by atoms with van der Waals surface area (Å²) in [5, 5.41) is 0.200. The molecule has 39 heavy (non-hydrogen) atoms. The number of carbonyl (C=O) groups is 1. The summed E-state index contributed by atoms with van der Waals surface area (Å²) in [6.45, 7) is 14.9. The molecule has 2 heterocycles. The molecule has 0 bridgehead atoms. The van der Waals surface area contributed by atoms with Gasteiger partial charge in [-0.3, -0.25) is 4.79 Å². The Bertz CT molecular complexity index is 739. The average Bonchev–Trinajstić information content (AvgIpc) is 3.19. The number of hydrogen-bond acceptors (Lipinski definition) is 5. The van der Waals surface area contributed by atoms with Gasteiger partial charge in [-0.15, -0.1) is 0 Å². The predicted octanol–water partition coefficient (Wildman–Crippen LogP) is 9.11. The molecule has 226 valence electrons. The molecule has 6 atom stereocenters. The third-order valence-electron chi connectivity index (χ3n) is 9.76. The van der Waals surface area contributed by atoms with Crippen LogP contribution in [0.3, 0.4) is 0 Å². The summed E-state index contributed by atoms with van der Waals surface area (Å²) in [5.41, 5.74) is 0. The number of unbranched alkanes of at least 4 members (excludes halogenated alkanes) is 4. The van der Waals surface area contributed by atoms with Crippen molar-refractivity contribution in [3.63, 3.8) is 0 Å². The van der Waals surface area contributed by atoms with E-state index in [9.17, 15) is 4.79 Å². The van der Waals surface area contributed by atoms with Crippen LogP contribution in [0.4, 0.5) is 0 Å². The van der Waals surface area contributed by atoms with Gasteiger partial charge in [0.15, 0.2) is 14.6 Å². The third-order valence-corrected chi connectivity index (χ3v) is 14.3. The van der Waals surface area contributed by atoms with E-state index in [0.717, 1.165) is 70.8 Å². The molecule has 2 aliphatic heterocycles. The van der Waals surface area contributed by atoms with Crippen molar-refractivity contribution in [3.05, 3.63) is 12.2 Å². The minimum Gasteiger partial charge on any atom is -0.462 e. The summed E-state index contributed by atoms with van der Waals surface area (Å²) in [7, 11) is -1.87. The quantitative estimate of drug-likeness (QED) is 0.0966. The van der Waals surface area contributed by atoms with Crippen molar-refractivity contribution < 1.29 is 23.4 Å². The summed E-state index contributed by atoms with van der Waals surface area (Å²) in [5.74, 6) is 0.609. The Morgan fingerprint density at radius 3 is 2.56 bits per heavy atom. The Morgan fingerprint density at radius 1 is 1.05 bits per heavy atom. The first kappa shape index (κ1) is 32.8. The van der Waals surface area contributed by atoms with Crippen LogP contribution in [-0.4, -0.2) is 45.5 Å². The SMILES string of the molecule is CCCCCCCC(CC[C@@H]1[C@H]2CC=CCCCC(=O)O[C@H]2C[C@H]1OC1CCCCO1)O[Si](C)(C)C(C)(C)C. The Labute approximate surface area is 241 Å². The third kappa shape index (κ3) is 10.6. The van der Waals surface area contributed by atoms with E-state index in [1.54, 1.807) is 0 Å². The molecule has 0 spiro atoms. The van der Waals surface area contributed by atoms with Crippen molar-refractivity contribution in [1.82, 2.24) is 0 Å². The maximum atomic E-state index is 12.6. The first-order chi connectivity index (χ1) is 18.6. The lowest BCUT2D eigenvalue weighted by atomic mass is 9.85. The Kier molecular flexibility index (Phi) is 13.5. The van der Waals surface area contributed by atoms with Crippen LogP contribution in [0.25, 0.3) is 0 Å². The van der Waals surface area contributed by atoms with E-state index in [4.69, 9.17) is 18.6 Å². The highest BCUT2D eigenvalue weighted by molar-refractivity contribution is 6.74. The molecule has 0 aromatic heterocycles. The van der Waals surface area contributed by atoms with Crippen LogP contribution in [-0.2, 0) is 23.4 Å². The lowest BCUT2D eigenvalue weighted by Crippen LogP contribution is -2.44. The van der Waals surface area contributed by atoms with Crippen LogP contribution < -0.4 is 0 Å². The lowest BCUT2D eigenvalue weighted by Gasteiger charge is -2.40. The topological polar surface area (TPSA) is 54.0 Å². The molecule has 0 amide bonds. The van der Waals surface area contributed by atoms with Gasteiger partial charge in [0, 0.05) is 31.5 Å². The van der Waals surface area contributed by atoms with E-state index in [0.29, 0.717) is 18.3 Å². The molecule has 0 aromatic carbocycles. The smallest absolute Gasteiger partial charge is 0.306 e. The van der Waals surface area contributed by atoms with Crippen LogP contribution in [0.5, 0.6) is 0 Å². The molecule has 0 aromatic rings. The molecule has 1 saturated heterocycles. The molecule has 1 aliphatic carbocycles. The molecular weight excluding hydrogens is 504 g/mol. The van der Waals surface area contributed by atoms with Crippen molar-refractivity contribution in [3.8, 4) is 0 Å². The van der Waals surface area contributed by atoms with Crippen molar-refractivity contribution in [2.24, 2.45) is 11.8 Å². The fourth-order valence-electron chi connectivity index (χ4n) is 6.33. The van der Waals surface area contributed by atoms with E-state index in [2.05, 4.69) is 52.9 Å². The van der Waals surface area contributed by atoms with Crippen LogP contribution >= 0.6 is 0 Å². The molecule has 6 heteroatoms. The van der Waals surface area contributed by atoms with Crippen LogP contribution in [0.2, 0.25) is 18.1 Å². The largest absolute Gasteiger partial charge is 0.462 e. The molecule has 0 radical (unpaired) electrons. The molecule has 5 nitrogen and oxygen atoms in total. The van der Waals surface area contributed by atoms with Crippen molar-refractivity contribution in [2.45, 2.75) is 173 Å². The van der Waals surface area contributed by atoms with Gasteiger partial charge in [-0.05, 0) is 81.8 Å². The second-order valence-electron chi connectivity index (χ2n) is 13.9. The second-order valence-corrected chi connectivity index (χ2v) is 18.7. The first-order valence-electron chi connectivity index (χ1n) is 16.4. The Morgan fingerprint density at radius 2 is 1.85 bits per heavy atom. The maximum Gasteiger partial charge on any atom is 0.306 e. The highest BCUT2D eigenvalue weighted by atomic mass is 28.4. The maximum absolute atomic E-state index is 12.6. The highest BCUT2D eigenvalue weighted by Crippen LogP contribution is 2.44. The average molecular weight is 565 g/mol. The van der Waals surface area contributed by atoms with Gasteiger partial charge in [-0.2, -0.15) is 0 Å². The monoisotopic (exact) mass is 564 g/mol. The van der Waals surface area contributed by atoms with Gasteiger partial charge in [-0.1, -0.05) is 72.0 Å². The first-order valence-corrected chi connectivity index (χ1v) is 19.3. The molecule has 0 N–H and O–H groups in total. The van der Waals surface area contributed by atoms with Gasteiger partial charge in [0.25, 0.3) is 0 Å². The number of allylic oxidation sites excluding steroid dienone is 2. The van der Waals surface area contributed by atoms with Crippen LogP contribution in [0.15, 0.2) is 12.2 Å². The minimum atomic E-state index is -1.87. The van der Waals surface area contributed by atoms with E-state index in [1.807, 2.05) is 0 Å². The normalized spacial score (nSPS) is 29.6. The molecule has 2 unspecified atom stereocenters. The number of fused-ring (bicyclic) bond motifs is 1. The van der Waals surface area contributed by atoms with E-state index < -0.39 is 8.32 Å². The van der Waals surface area contributed by atoms with E-state index in [-0.39, 0.29) is 35.6 Å². The predicted molar refractivity (Wildman–Crippen MR) is 162 cm³/mol. The zero-order valence-corrected chi connectivity index (χ0v) is 27.2. The van der Waals surface area contributed by atoms with Crippen molar-refractivity contribution in [1.29, 1.82) is 0 Å². The van der Waals surface area contributed by atoms with Crippen LogP contribution in [0, 0.1) is 11.8 Å².